The minimum atomic E-state index is -0.280. The monoisotopic (exact) mass is 264 g/mol. The van der Waals surface area contributed by atoms with E-state index >= 15 is 0 Å². The first kappa shape index (κ1) is 13.9. The molecule has 1 N–H and O–H groups in total. The molecule has 0 aromatic heterocycles. The first-order valence-corrected chi connectivity index (χ1v) is 9.04. The maximum absolute atomic E-state index is 11.8. The van der Waals surface area contributed by atoms with Gasteiger partial charge < -0.3 is 5.11 Å². The van der Waals surface area contributed by atoms with E-state index in [1.807, 2.05) is 0 Å². The molecule has 0 atom stereocenters. The Morgan fingerprint density at radius 1 is 0.474 bits per heavy atom. The van der Waals surface area contributed by atoms with Crippen molar-refractivity contribution >= 4 is 0 Å². The van der Waals surface area contributed by atoms with Crippen molar-refractivity contribution < 1.29 is 5.11 Å². The lowest BCUT2D eigenvalue weighted by atomic mass is 9.61. The standard InChI is InChI=1S/C18H32O/c19-18(17-13-7-8-14-17,15-9-3-1-4-10-15)16-11-5-2-6-12-16/h15-17,19H,1-14H2. The summed E-state index contributed by atoms with van der Waals surface area (Å²) in [4.78, 5) is 0. The molecule has 0 radical (unpaired) electrons. The molecule has 0 aliphatic heterocycles. The van der Waals surface area contributed by atoms with Gasteiger partial charge in [-0.2, -0.15) is 0 Å². The maximum atomic E-state index is 11.8. The predicted molar refractivity (Wildman–Crippen MR) is 80.1 cm³/mol. The Hall–Kier alpha value is -0.0400. The molecule has 110 valence electrons. The summed E-state index contributed by atoms with van der Waals surface area (Å²) in [5, 5.41) is 11.8. The van der Waals surface area contributed by atoms with E-state index in [9.17, 15) is 5.11 Å². The quantitative estimate of drug-likeness (QED) is 0.754. The van der Waals surface area contributed by atoms with Gasteiger partial charge in [-0.25, -0.2) is 0 Å². The van der Waals surface area contributed by atoms with E-state index in [1.165, 1.54) is 89.9 Å². The van der Waals surface area contributed by atoms with E-state index in [-0.39, 0.29) is 5.60 Å². The highest BCUT2D eigenvalue weighted by molar-refractivity contribution is 5.00. The van der Waals surface area contributed by atoms with Gasteiger partial charge in [0.05, 0.1) is 5.60 Å². The van der Waals surface area contributed by atoms with Crippen molar-refractivity contribution in [3.05, 3.63) is 0 Å². The second-order valence-electron chi connectivity index (χ2n) is 7.54. The van der Waals surface area contributed by atoms with Gasteiger partial charge >= 0.3 is 0 Å². The van der Waals surface area contributed by atoms with Crippen LogP contribution in [0.4, 0.5) is 0 Å². The molecule has 3 fully saturated rings. The number of rotatable bonds is 3. The summed E-state index contributed by atoms with van der Waals surface area (Å²) >= 11 is 0. The van der Waals surface area contributed by atoms with Gasteiger partial charge in [0.2, 0.25) is 0 Å². The third-order valence-electron chi connectivity index (χ3n) is 6.53. The van der Waals surface area contributed by atoms with E-state index in [1.54, 1.807) is 0 Å². The van der Waals surface area contributed by atoms with Crippen molar-refractivity contribution in [2.24, 2.45) is 17.8 Å². The SMILES string of the molecule is OC(C1CCCCC1)(C1CCCCC1)C1CCCC1. The third kappa shape index (κ3) is 2.73. The van der Waals surface area contributed by atoms with Gasteiger partial charge in [-0.1, -0.05) is 51.4 Å². The van der Waals surface area contributed by atoms with E-state index in [4.69, 9.17) is 0 Å². The zero-order valence-corrected chi connectivity index (χ0v) is 12.6. The summed E-state index contributed by atoms with van der Waals surface area (Å²) in [5.41, 5.74) is -0.280. The molecule has 0 heterocycles. The average molecular weight is 264 g/mol. The minimum Gasteiger partial charge on any atom is -0.389 e. The summed E-state index contributed by atoms with van der Waals surface area (Å²) in [6, 6.07) is 0. The molecule has 0 bridgehead atoms. The fourth-order valence-corrected chi connectivity index (χ4v) is 5.52. The predicted octanol–water partition coefficient (Wildman–Crippen LogP) is 5.07. The molecule has 3 aliphatic carbocycles. The number of hydrogen-bond acceptors (Lipinski definition) is 1. The summed E-state index contributed by atoms with van der Waals surface area (Å²) in [6.07, 6.45) is 18.9. The molecule has 3 rings (SSSR count). The van der Waals surface area contributed by atoms with Gasteiger partial charge in [0, 0.05) is 0 Å². The van der Waals surface area contributed by atoms with E-state index in [2.05, 4.69) is 0 Å². The van der Waals surface area contributed by atoms with Crippen LogP contribution in [0.2, 0.25) is 0 Å². The number of hydrogen-bond donors (Lipinski definition) is 1. The summed E-state index contributed by atoms with van der Waals surface area (Å²) in [5.74, 6) is 1.90. The van der Waals surface area contributed by atoms with Crippen molar-refractivity contribution in [2.45, 2.75) is 95.5 Å². The topological polar surface area (TPSA) is 20.2 Å². The second-order valence-corrected chi connectivity index (χ2v) is 7.54. The molecule has 0 amide bonds. The Morgan fingerprint density at radius 3 is 1.05 bits per heavy atom. The van der Waals surface area contributed by atoms with Crippen molar-refractivity contribution in [3.8, 4) is 0 Å². The Labute approximate surface area is 119 Å². The van der Waals surface area contributed by atoms with Gasteiger partial charge in [-0.3, -0.25) is 0 Å². The lowest BCUT2D eigenvalue weighted by molar-refractivity contribution is -0.132. The highest BCUT2D eigenvalue weighted by atomic mass is 16.3. The molecule has 0 aromatic rings. The first-order chi connectivity index (χ1) is 9.32. The molecule has 1 nitrogen and oxygen atoms in total. The van der Waals surface area contributed by atoms with Crippen LogP contribution in [0.1, 0.15) is 89.9 Å². The normalized spacial score (nSPS) is 28.9. The van der Waals surface area contributed by atoms with Crippen LogP contribution >= 0.6 is 0 Å². The number of aliphatic hydroxyl groups is 1. The third-order valence-corrected chi connectivity index (χ3v) is 6.53. The van der Waals surface area contributed by atoms with Crippen molar-refractivity contribution in [1.29, 1.82) is 0 Å². The van der Waals surface area contributed by atoms with Crippen LogP contribution in [0.15, 0.2) is 0 Å². The highest BCUT2D eigenvalue weighted by Gasteiger charge is 2.49. The largest absolute Gasteiger partial charge is 0.389 e. The molecular formula is C18H32O. The average Bonchev–Trinajstić information content (AvgIpc) is 3.03. The van der Waals surface area contributed by atoms with E-state index in [0.29, 0.717) is 17.8 Å². The van der Waals surface area contributed by atoms with Gasteiger partial charge in [-0.05, 0) is 56.3 Å². The molecule has 0 unspecified atom stereocenters. The van der Waals surface area contributed by atoms with Gasteiger partial charge in [0.1, 0.15) is 0 Å². The van der Waals surface area contributed by atoms with Crippen LogP contribution in [0.3, 0.4) is 0 Å². The highest BCUT2D eigenvalue weighted by Crippen LogP contribution is 2.50. The summed E-state index contributed by atoms with van der Waals surface area (Å²) in [7, 11) is 0. The Morgan fingerprint density at radius 2 is 0.737 bits per heavy atom. The molecule has 3 saturated carbocycles. The second kappa shape index (κ2) is 6.16. The molecule has 0 spiro atoms. The van der Waals surface area contributed by atoms with Crippen molar-refractivity contribution in [1.82, 2.24) is 0 Å². The molecule has 19 heavy (non-hydrogen) atoms. The molecule has 3 aliphatic rings. The fourth-order valence-electron chi connectivity index (χ4n) is 5.52. The summed E-state index contributed by atoms with van der Waals surface area (Å²) < 4.78 is 0. The van der Waals surface area contributed by atoms with Crippen LogP contribution in [-0.2, 0) is 0 Å². The Bertz CT molecular complexity index is 249. The maximum Gasteiger partial charge on any atom is 0.0731 e. The Balaban J connectivity index is 1.79. The van der Waals surface area contributed by atoms with E-state index < -0.39 is 0 Å². The Kier molecular flexibility index (Phi) is 4.51. The van der Waals surface area contributed by atoms with Crippen LogP contribution in [0.25, 0.3) is 0 Å². The van der Waals surface area contributed by atoms with Crippen LogP contribution in [-0.4, -0.2) is 10.7 Å². The van der Waals surface area contributed by atoms with Crippen LogP contribution in [0.5, 0.6) is 0 Å². The smallest absolute Gasteiger partial charge is 0.0731 e. The van der Waals surface area contributed by atoms with Gasteiger partial charge in [-0.15, -0.1) is 0 Å². The van der Waals surface area contributed by atoms with Crippen molar-refractivity contribution in [3.63, 3.8) is 0 Å². The van der Waals surface area contributed by atoms with Gasteiger partial charge in [0.15, 0.2) is 0 Å². The fraction of sp³-hybridized carbons (Fsp3) is 1.00. The lowest BCUT2D eigenvalue weighted by Gasteiger charge is -2.49. The zero-order chi connectivity index (χ0) is 13.1. The van der Waals surface area contributed by atoms with E-state index in [0.717, 1.165) is 0 Å². The van der Waals surface area contributed by atoms with Crippen LogP contribution < -0.4 is 0 Å². The molecule has 0 aromatic carbocycles. The molecule has 0 saturated heterocycles. The first-order valence-electron chi connectivity index (χ1n) is 9.04. The van der Waals surface area contributed by atoms with Crippen molar-refractivity contribution in [2.75, 3.05) is 0 Å². The molecular weight excluding hydrogens is 232 g/mol. The lowest BCUT2D eigenvalue weighted by Crippen LogP contribution is -2.51. The minimum absolute atomic E-state index is 0.280. The summed E-state index contributed by atoms with van der Waals surface area (Å²) in [6.45, 7) is 0. The van der Waals surface area contributed by atoms with Gasteiger partial charge in [0.25, 0.3) is 0 Å². The zero-order valence-electron chi connectivity index (χ0n) is 12.6. The molecule has 1 heteroatoms. The van der Waals surface area contributed by atoms with Crippen LogP contribution in [0, 0.1) is 17.8 Å².